The molecule has 0 aliphatic rings. The second-order valence-corrected chi connectivity index (χ2v) is 20.2. The third-order valence-corrected chi connectivity index (χ3v) is 14.6. The smallest absolute Gasteiger partial charge is 0.323 e. The summed E-state index contributed by atoms with van der Waals surface area (Å²) < 4.78 is 213. The highest BCUT2D eigenvalue weighted by atomic mass is 32.2. The average Bonchev–Trinajstić information content (AvgIpc) is 3.95. The highest BCUT2D eigenvalue weighted by Gasteiger charge is 2.39. The van der Waals surface area contributed by atoms with Gasteiger partial charge >= 0.3 is 24.0 Å². The van der Waals surface area contributed by atoms with Gasteiger partial charge in [-0.1, -0.05) is 13.8 Å². The molecule has 2 aromatic carbocycles. The van der Waals surface area contributed by atoms with Gasteiger partial charge in [-0.05, 0) is 48.2 Å². The standard InChI is InChI=1S/C19H15F6N5O2S2.C19H15F6N5O2S/c1-4-34(31,32)14-7-13-11(28-17(29(13)2)18(20,21)22)6-10(14)15-27-12-5-9(33-19(23,24)25)8-26-16(12)30(15)3;1-4-33(31,32)14-7-13-11(28-17(29(13)2)19(23,24)25)6-10(14)15-27-12-5-9(18(20,21)22)8-26-16(12)30(15)3/h5-8H,4H2,1-3H3;5-8H,4H2,1-3H3. The normalized spacial score (nSPS) is 13.3. The molecule has 0 amide bonds. The van der Waals surface area contributed by atoms with Crippen molar-refractivity contribution in [1.82, 2.24) is 48.2 Å². The lowest BCUT2D eigenvalue weighted by molar-refractivity contribution is -0.147. The van der Waals surface area contributed by atoms with E-state index >= 15 is 0 Å². The number of sulfone groups is 2. The number of hydrogen-bond acceptors (Lipinski definition) is 11. The van der Waals surface area contributed by atoms with E-state index in [2.05, 4.69) is 29.9 Å². The molecule has 0 saturated heterocycles. The van der Waals surface area contributed by atoms with Crippen LogP contribution in [0.25, 0.3) is 67.2 Å². The molecule has 0 aliphatic carbocycles. The molecule has 6 heterocycles. The highest BCUT2D eigenvalue weighted by Crippen LogP contribution is 2.41. The van der Waals surface area contributed by atoms with Crippen LogP contribution in [0, 0.1) is 0 Å². The van der Waals surface area contributed by atoms with E-state index in [9.17, 15) is 69.5 Å². The zero-order valence-electron chi connectivity index (χ0n) is 34.9. The molecule has 0 aliphatic heterocycles. The highest BCUT2D eigenvalue weighted by molar-refractivity contribution is 8.00. The fourth-order valence-electron chi connectivity index (χ4n) is 7.08. The third-order valence-electron chi connectivity index (χ3n) is 10.3. The molecular weight excluding hydrogens is 985 g/mol. The maximum Gasteiger partial charge on any atom is 0.449 e. The van der Waals surface area contributed by atoms with E-state index in [1.807, 2.05) is 0 Å². The van der Waals surface area contributed by atoms with E-state index in [-0.39, 0.29) is 105 Å². The molecule has 8 aromatic rings. The molecule has 67 heavy (non-hydrogen) atoms. The Bertz CT molecular complexity index is 3520. The summed E-state index contributed by atoms with van der Waals surface area (Å²) >= 11 is -0.381. The van der Waals surface area contributed by atoms with E-state index in [4.69, 9.17) is 0 Å². The largest absolute Gasteiger partial charge is 0.449 e. The lowest BCUT2D eigenvalue weighted by Gasteiger charge is -2.11. The lowest BCUT2D eigenvalue weighted by atomic mass is 10.2. The molecule has 0 bridgehead atoms. The maximum absolute atomic E-state index is 13.4. The molecular formula is C38H30F12N10O4S3. The zero-order valence-corrected chi connectivity index (χ0v) is 37.3. The van der Waals surface area contributed by atoms with Crippen LogP contribution in [0.4, 0.5) is 52.7 Å². The Kier molecular flexibility index (Phi) is 12.0. The number of nitrogens with zero attached hydrogens (tertiary/aromatic N) is 10. The minimum Gasteiger partial charge on any atom is -0.323 e. The molecule has 0 unspecified atom stereocenters. The van der Waals surface area contributed by atoms with Crippen molar-refractivity contribution in [3.8, 4) is 22.8 Å². The summed E-state index contributed by atoms with van der Waals surface area (Å²) in [6.07, 6.45) is -12.6. The van der Waals surface area contributed by atoms with Crippen molar-refractivity contribution in [2.24, 2.45) is 28.2 Å². The first-order valence-electron chi connectivity index (χ1n) is 18.9. The summed E-state index contributed by atoms with van der Waals surface area (Å²) in [4.78, 5) is 22.6. The molecule has 0 fully saturated rings. The predicted octanol–water partition coefficient (Wildman–Crippen LogP) is 9.30. The monoisotopic (exact) mass is 1010 g/mol. The Morgan fingerprint density at radius 2 is 0.910 bits per heavy atom. The molecule has 6 aromatic heterocycles. The molecule has 14 nitrogen and oxygen atoms in total. The number of alkyl halides is 12. The number of thioether (sulfide) groups is 1. The van der Waals surface area contributed by atoms with Crippen LogP contribution >= 0.6 is 11.8 Å². The number of aromatic nitrogens is 10. The quantitative estimate of drug-likeness (QED) is 0.110. The second kappa shape index (κ2) is 16.4. The first kappa shape index (κ1) is 48.9. The average molecular weight is 1010 g/mol. The van der Waals surface area contributed by atoms with Crippen LogP contribution in [0.1, 0.15) is 31.1 Å². The summed E-state index contributed by atoms with van der Waals surface area (Å²) in [6.45, 7) is 2.74. The predicted molar refractivity (Wildman–Crippen MR) is 219 cm³/mol. The number of benzene rings is 2. The van der Waals surface area contributed by atoms with Crippen molar-refractivity contribution >= 4 is 75.8 Å². The molecule has 29 heteroatoms. The molecule has 358 valence electrons. The van der Waals surface area contributed by atoms with Gasteiger partial charge in [0.05, 0.1) is 48.9 Å². The molecule has 0 atom stereocenters. The summed E-state index contributed by atoms with van der Waals surface area (Å²) in [5.74, 6) is -3.22. The summed E-state index contributed by atoms with van der Waals surface area (Å²) in [5, 5.41) is 0. The van der Waals surface area contributed by atoms with Gasteiger partial charge in [0.1, 0.15) is 22.7 Å². The van der Waals surface area contributed by atoms with Crippen molar-refractivity contribution in [2.45, 2.75) is 52.6 Å². The number of aryl methyl sites for hydroxylation is 4. The van der Waals surface area contributed by atoms with E-state index in [0.29, 0.717) is 6.20 Å². The van der Waals surface area contributed by atoms with Crippen LogP contribution in [-0.4, -0.2) is 82.0 Å². The SMILES string of the molecule is CCS(=O)(=O)c1cc2c(cc1-c1nc3cc(C(F)(F)F)cnc3n1C)nc(C(F)(F)F)n2C.CCS(=O)(=O)c1cc2c(cc1-c1nc3cc(SC(F)(F)F)cnc3n1C)nc(C(F)(F)F)n2C. The fraction of sp³-hybridized carbons (Fsp3) is 0.316. The number of rotatable bonds is 7. The van der Waals surface area contributed by atoms with E-state index in [0.717, 1.165) is 59.8 Å². The van der Waals surface area contributed by atoms with Crippen LogP contribution < -0.4 is 0 Å². The first-order chi connectivity index (χ1) is 30.8. The van der Waals surface area contributed by atoms with Crippen molar-refractivity contribution < 1.29 is 69.5 Å². The van der Waals surface area contributed by atoms with Crippen LogP contribution in [0.3, 0.4) is 0 Å². The summed E-state index contributed by atoms with van der Waals surface area (Å²) in [5.41, 5.74) is -6.00. The van der Waals surface area contributed by atoms with E-state index < -0.39 is 60.9 Å². The van der Waals surface area contributed by atoms with Crippen LogP contribution in [0.5, 0.6) is 0 Å². The van der Waals surface area contributed by atoms with Gasteiger partial charge in [-0.25, -0.2) is 46.7 Å². The van der Waals surface area contributed by atoms with Crippen molar-refractivity contribution in [3.63, 3.8) is 0 Å². The van der Waals surface area contributed by atoms with Crippen molar-refractivity contribution in [3.05, 3.63) is 66.0 Å². The number of hydrogen-bond donors (Lipinski definition) is 0. The molecule has 0 spiro atoms. The van der Waals surface area contributed by atoms with Gasteiger partial charge < -0.3 is 18.3 Å². The number of pyridine rings is 2. The molecule has 8 rings (SSSR count). The summed E-state index contributed by atoms with van der Waals surface area (Å²) in [6, 6.07) is 6.40. The second-order valence-electron chi connectivity index (χ2n) is 14.6. The van der Waals surface area contributed by atoms with Gasteiger partial charge in [0.2, 0.25) is 11.6 Å². The Hall–Kier alpha value is -5.97. The van der Waals surface area contributed by atoms with Gasteiger partial charge in [0.25, 0.3) is 0 Å². The topological polar surface area (TPSA) is 165 Å². The lowest BCUT2D eigenvalue weighted by Crippen LogP contribution is -2.12. The zero-order chi connectivity index (χ0) is 49.7. The van der Waals surface area contributed by atoms with Crippen LogP contribution in [0.15, 0.2) is 63.5 Å². The third kappa shape index (κ3) is 9.10. The van der Waals surface area contributed by atoms with E-state index in [1.165, 1.54) is 43.1 Å². The van der Waals surface area contributed by atoms with Crippen molar-refractivity contribution in [2.75, 3.05) is 11.5 Å². The first-order valence-corrected chi connectivity index (χ1v) is 23.0. The Morgan fingerprint density at radius 1 is 0.507 bits per heavy atom. The minimum absolute atomic E-state index is 0.00444. The van der Waals surface area contributed by atoms with Gasteiger partial charge in [0, 0.05) is 56.6 Å². The van der Waals surface area contributed by atoms with Gasteiger partial charge in [-0.15, -0.1) is 0 Å². The maximum atomic E-state index is 13.4. The fourth-order valence-corrected chi connectivity index (χ4v) is 9.80. The van der Waals surface area contributed by atoms with Crippen LogP contribution in [0.2, 0.25) is 0 Å². The number of imidazole rings is 4. The molecule has 0 saturated carbocycles. The Morgan fingerprint density at radius 3 is 1.28 bits per heavy atom. The Labute approximate surface area is 373 Å². The van der Waals surface area contributed by atoms with Crippen molar-refractivity contribution in [1.29, 1.82) is 0 Å². The van der Waals surface area contributed by atoms with Gasteiger partial charge in [-0.2, -0.15) is 52.7 Å². The Balaban J connectivity index is 0.000000199. The number of fused-ring (bicyclic) bond motifs is 4. The molecule has 0 radical (unpaired) electrons. The minimum atomic E-state index is -4.78. The number of halogens is 12. The van der Waals surface area contributed by atoms with E-state index in [1.54, 1.807) is 0 Å². The van der Waals surface area contributed by atoms with Gasteiger partial charge in [0.15, 0.2) is 31.0 Å². The summed E-state index contributed by atoms with van der Waals surface area (Å²) in [7, 11) is -2.80. The molecule has 0 N–H and O–H groups in total. The van der Waals surface area contributed by atoms with Gasteiger partial charge in [-0.3, -0.25) is 0 Å². The van der Waals surface area contributed by atoms with Crippen LogP contribution in [-0.2, 0) is 66.4 Å².